The van der Waals surface area contributed by atoms with Crippen LogP contribution in [0.5, 0.6) is 5.75 Å². The van der Waals surface area contributed by atoms with Gasteiger partial charge in [-0.05, 0) is 30.2 Å². The molecule has 0 saturated heterocycles. The summed E-state index contributed by atoms with van der Waals surface area (Å²) in [6, 6.07) is 7.14. The highest BCUT2D eigenvalue weighted by Crippen LogP contribution is 2.11. The number of hydrogen-bond acceptors (Lipinski definition) is 3. The lowest BCUT2D eigenvalue weighted by atomic mass is 10.2. The molecule has 0 amide bonds. The number of rotatable bonds is 2. The van der Waals surface area contributed by atoms with Crippen LogP contribution in [0.3, 0.4) is 0 Å². The molecular formula is C13H16N2O. The highest BCUT2D eigenvalue weighted by atomic mass is 16.3. The van der Waals surface area contributed by atoms with E-state index in [-0.39, 0.29) is 0 Å². The first kappa shape index (κ1) is 10.7. The quantitative estimate of drug-likeness (QED) is 0.822. The van der Waals surface area contributed by atoms with Crippen LogP contribution in [0.15, 0.2) is 35.3 Å². The van der Waals surface area contributed by atoms with Gasteiger partial charge in [0, 0.05) is 20.1 Å². The van der Waals surface area contributed by atoms with Gasteiger partial charge < -0.3 is 10.0 Å². The Kier molecular flexibility index (Phi) is 3.25. The van der Waals surface area contributed by atoms with Gasteiger partial charge >= 0.3 is 0 Å². The number of aliphatic imine (C=N–C) groups is 1. The molecule has 0 spiro atoms. The van der Waals surface area contributed by atoms with Crippen molar-refractivity contribution in [3.8, 4) is 5.75 Å². The van der Waals surface area contributed by atoms with Crippen LogP contribution in [0.25, 0.3) is 6.08 Å². The fourth-order valence-corrected chi connectivity index (χ4v) is 1.67. The number of hydrogen-bond donors (Lipinski definition) is 1. The van der Waals surface area contributed by atoms with Crippen LogP contribution in [0.1, 0.15) is 12.0 Å². The van der Waals surface area contributed by atoms with Crippen LogP contribution in [0.4, 0.5) is 0 Å². The zero-order valence-electron chi connectivity index (χ0n) is 9.43. The summed E-state index contributed by atoms with van der Waals surface area (Å²) in [6.45, 7) is 1.98. The van der Waals surface area contributed by atoms with Gasteiger partial charge in [0.1, 0.15) is 11.6 Å². The first-order valence-corrected chi connectivity index (χ1v) is 5.48. The maximum atomic E-state index is 9.16. The molecule has 0 fully saturated rings. The Morgan fingerprint density at radius 2 is 2.00 bits per heavy atom. The number of amidine groups is 1. The zero-order chi connectivity index (χ0) is 11.4. The summed E-state index contributed by atoms with van der Waals surface area (Å²) in [5.41, 5.74) is 1.07. The van der Waals surface area contributed by atoms with Crippen molar-refractivity contribution in [2.24, 2.45) is 4.99 Å². The fourth-order valence-electron chi connectivity index (χ4n) is 1.67. The minimum absolute atomic E-state index is 0.296. The van der Waals surface area contributed by atoms with E-state index in [1.54, 1.807) is 12.1 Å². The molecule has 16 heavy (non-hydrogen) atoms. The van der Waals surface area contributed by atoms with Gasteiger partial charge in [0.25, 0.3) is 0 Å². The second-order valence-electron chi connectivity index (χ2n) is 3.94. The molecule has 0 aliphatic carbocycles. The first-order chi connectivity index (χ1) is 7.75. The van der Waals surface area contributed by atoms with Crippen LogP contribution >= 0.6 is 0 Å². The Labute approximate surface area is 95.7 Å². The summed E-state index contributed by atoms with van der Waals surface area (Å²) in [6.07, 6.45) is 5.17. The summed E-state index contributed by atoms with van der Waals surface area (Å²) < 4.78 is 0. The highest BCUT2D eigenvalue weighted by Gasteiger charge is 2.06. The van der Waals surface area contributed by atoms with Gasteiger partial charge in [-0.15, -0.1) is 0 Å². The molecule has 1 aliphatic heterocycles. The standard InChI is InChI=1S/C13H16N2O/c1-15-10-2-9-14-13(15)8-5-11-3-6-12(16)7-4-11/h3-8,16H,2,9-10H2,1H3/b8-5+. The molecule has 0 bridgehead atoms. The lowest BCUT2D eigenvalue weighted by molar-refractivity contribution is 0.470. The molecule has 1 heterocycles. The third kappa shape index (κ3) is 2.63. The molecule has 84 valence electrons. The van der Waals surface area contributed by atoms with E-state index in [1.165, 1.54) is 0 Å². The minimum atomic E-state index is 0.296. The maximum Gasteiger partial charge on any atom is 0.123 e. The van der Waals surface area contributed by atoms with E-state index in [0.29, 0.717) is 5.75 Å². The Morgan fingerprint density at radius 3 is 2.69 bits per heavy atom. The monoisotopic (exact) mass is 216 g/mol. The number of aromatic hydroxyl groups is 1. The van der Waals surface area contributed by atoms with E-state index >= 15 is 0 Å². The number of likely N-dealkylation sites (N-methyl/N-ethyl adjacent to an activating group) is 1. The number of benzene rings is 1. The van der Waals surface area contributed by atoms with Crippen LogP contribution < -0.4 is 0 Å². The van der Waals surface area contributed by atoms with Crippen LogP contribution in [0, 0.1) is 0 Å². The molecule has 3 nitrogen and oxygen atoms in total. The van der Waals surface area contributed by atoms with Crippen LogP contribution in [-0.2, 0) is 0 Å². The zero-order valence-corrected chi connectivity index (χ0v) is 9.43. The van der Waals surface area contributed by atoms with Gasteiger partial charge in [0.05, 0.1) is 0 Å². The molecule has 0 atom stereocenters. The summed E-state index contributed by atoms with van der Waals surface area (Å²) in [4.78, 5) is 6.60. The normalized spacial score (nSPS) is 16.6. The molecule has 0 radical (unpaired) electrons. The molecule has 1 N–H and O–H groups in total. The second-order valence-corrected chi connectivity index (χ2v) is 3.94. The molecule has 1 aliphatic rings. The molecular weight excluding hydrogens is 200 g/mol. The van der Waals surface area contributed by atoms with Gasteiger partial charge in [-0.2, -0.15) is 0 Å². The Hall–Kier alpha value is -1.77. The van der Waals surface area contributed by atoms with Gasteiger partial charge in [0.2, 0.25) is 0 Å². The molecule has 0 saturated carbocycles. The average Bonchev–Trinajstić information content (AvgIpc) is 2.30. The van der Waals surface area contributed by atoms with Crippen molar-refractivity contribution in [2.45, 2.75) is 6.42 Å². The molecule has 3 heteroatoms. The number of phenols is 1. The van der Waals surface area contributed by atoms with E-state index in [2.05, 4.69) is 16.9 Å². The SMILES string of the molecule is CN1CCCN=C1/C=C/c1ccc(O)cc1. The summed E-state index contributed by atoms with van der Waals surface area (Å²) in [5.74, 6) is 1.32. The van der Waals surface area contributed by atoms with E-state index in [4.69, 9.17) is 5.11 Å². The largest absolute Gasteiger partial charge is 0.508 e. The average molecular weight is 216 g/mol. The van der Waals surface area contributed by atoms with Crippen molar-refractivity contribution in [3.63, 3.8) is 0 Å². The Balaban J connectivity index is 2.08. The third-order valence-corrected chi connectivity index (χ3v) is 2.63. The van der Waals surface area contributed by atoms with Gasteiger partial charge in [-0.25, -0.2) is 0 Å². The maximum absolute atomic E-state index is 9.16. The predicted molar refractivity (Wildman–Crippen MR) is 66.7 cm³/mol. The Morgan fingerprint density at radius 1 is 1.25 bits per heavy atom. The molecule has 0 aromatic heterocycles. The van der Waals surface area contributed by atoms with E-state index in [0.717, 1.165) is 30.9 Å². The highest BCUT2D eigenvalue weighted by molar-refractivity contribution is 5.96. The Bertz CT molecular complexity index is 406. The molecule has 2 rings (SSSR count). The second kappa shape index (κ2) is 4.84. The van der Waals surface area contributed by atoms with Crippen molar-refractivity contribution in [2.75, 3.05) is 20.1 Å². The van der Waals surface area contributed by atoms with Crippen molar-refractivity contribution < 1.29 is 5.11 Å². The van der Waals surface area contributed by atoms with Crippen molar-refractivity contribution in [1.82, 2.24) is 4.90 Å². The number of phenolic OH excluding ortho intramolecular Hbond substituents is 1. The molecule has 1 aromatic carbocycles. The molecule has 0 unspecified atom stereocenters. The lowest BCUT2D eigenvalue weighted by Gasteiger charge is -2.22. The topological polar surface area (TPSA) is 35.8 Å². The predicted octanol–water partition coefficient (Wildman–Crippen LogP) is 2.14. The number of nitrogens with zero attached hydrogens (tertiary/aromatic N) is 2. The van der Waals surface area contributed by atoms with Crippen molar-refractivity contribution >= 4 is 11.9 Å². The van der Waals surface area contributed by atoms with E-state index in [1.807, 2.05) is 24.3 Å². The summed E-state index contributed by atoms with van der Waals surface area (Å²) >= 11 is 0. The van der Waals surface area contributed by atoms with Crippen LogP contribution in [0.2, 0.25) is 0 Å². The smallest absolute Gasteiger partial charge is 0.123 e. The lowest BCUT2D eigenvalue weighted by Crippen LogP contribution is -2.30. The van der Waals surface area contributed by atoms with Crippen molar-refractivity contribution in [1.29, 1.82) is 0 Å². The van der Waals surface area contributed by atoms with Gasteiger partial charge in [-0.1, -0.05) is 18.2 Å². The molecule has 1 aromatic rings. The van der Waals surface area contributed by atoms with E-state index in [9.17, 15) is 0 Å². The first-order valence-electron chi connectivity index (χ1n) is 5.48. The fraction of sp³-hybridized carbons (Fsp3) is 0.308. The van der Waals surface area contributed by atoms with E-state index < -0.39 is 0 Å². The van der Waals surface area contributed by atoms with Crippen LogP contribution in [-0.4, -0.2) is 36.0 Å². The summed E-state index contributed by atoms with van der Waals surface area (Å²) in [5, 5.41) is 9.16. The third-order valence-electron chi connectivity index (χ3n) is 2.63. The van der Waals surface area contributed by atoms with Crippen molar-refractivity contribution in [3.05, 3.63) is 35.9 Å². The van der Waals surface area contributed by atoms with Gasteiger partial charge in [-0.3, -0.25) is 4.99 Å². The summed E-state index contributed by atoms with van der Waals surface area (Å²) in [7, 11) is 2.05. The minimum Gasteiger partial charge on any atom is -0.508 e. The van der Waals surface area contributed by atoms with Gasteiger partial charge in [0.15, 0.2) is 0 Å².